The minimum atomic E-state index is -0.397. The van der Waals surface area contributed by atoms with E-state index in [1.54, 1.807) is 6.92 Å². The van der Waals surface area contributed by atoms with Crippen LogP contribution in [0.5, 0.6) is 0 Å². The van der Waals surface area contributed by atoms with Crippen LogP contribution in [0, 0.1) is 5.92 Å². The summed E-state index contributed by atoms with van der Waals surface area (Å²) in [7, 11) is 0. The minimum absolute atomic E-state index is 0.0323. The van der Waals surface area contributed by atoms with Crippen molar-refractivity contribution in [3.63, 3.8) is 0 Å². The Hall–Kier alpha value is -1.59. The molecule has 0 unspecified atom stereocenters. The summed E-state index contributed by atoms with van der Waals surface area (Å²) in [5, 5.41) is 2.88. The molecule has 6 heteroatoms. The van der Waals surface area contributed by atoms with Crippen LogP contribution in [0.25, 0.3) is 0 Å². The number of carbonyl (C=O) groups is 3. The molecule has 1 rings (SSSR count). The van der Waals surface area contributed by atoms with Crippen molar-refractivity contribution in [2.75, 3.05) is 19.7 Å². The van der Waals surface area contributed by atoms with Gasteiger partial charge in [-0.25, -0.2) is 0 Å². The summed E-state index contributed by atoms with van der Waals surface area (Å²) < 4.78 is 4.91. The van der Waals surface area contributed by atoms with Gasteiger partial charge in [0.1, 0.15) is 6.54 Å². The topological polar surface area (TPSA) is 75.7 Å². The normalized spacial score (nSPS) is 21.6. The molecule has 1 aliphatic heterocycles. The number of rotatable bonds is 7. The number of nitrogens with one attached hydrogen (secondary N) is 1. The van der Waals surface area contributed by atoms with Gasteiger partial charge in [0.15, 0.2) is 0 Å². The van der Waals surface area contributed by atoms with E-state index in [4.69, 9.17) is 4.74 Å². The molecule has 0 aromatic carbocycles. The number of esters is 1. The lowest BCUT2D eigenvalue weighted by atomic mass is 9.89. The zero-order chi connectivity index (χ0) is 15.8. The molecule has 0 aliphatic carbocycles. The number of amides is 2. The fourth-order valence-corrected chi connectivity index (χ4v) is 2.61. The van der Waals surface area contributed by atoms with Gasteiger partial charge in [0.2, 0.25) is 11.8 Å². The first-order chi connectivity index (χ1) is 10.0. The standard InChI is InChI=1S/C15H26N2O4/c1-4-7-17(10-14(19)21-6-3)15(20)11-8-12(5-2)16-13(18)9-11/h11-12H,4-10H2,1-3H3,(H,16,18)/t11-,12-/m1/s1. The van der Waals surface area contributed by atoms with Gasteiger partial charge in [-0.15, -0.1) is 0 Å². The van der Waals surface area contributed by atoms with E-state index in [0.717, 1.165) is 12.8 Å². The maximum absolute atomic E-state index is 12.6. The maximum Gasteiger partial charge on any atom is 0.325 e. The number of hydrogen-bond donors (Lipinski definition) is 1. The van der Waals surface area contributed by atoms with E-state index in [1.807, 2.05) is 13.8 Å². The van der Waals surface area contributed by atoms with Gasteiger partial charge < -0.3 is 15.0 Å². The molecule has 1 fully saturated rings. The van der Waals surface area contributed by atoms with Crippen molar-refractivity contribution in [3.05, 3.63) is 0 Å². The molecule has 1 saturated heterocycles. The fraction of sp³-hybridized carbons (Fsp3) is 0.800. The van der Waals surface area contributed by atoms with Gasteiger partial charge in [-0.1, -0.05) is 13.8 Å². The second kappa shape index (κ2) is 8.64. The number of carbonyl (C=O) groups excluding carboxylic acids is 3. The molecular formula is C15H26N2O4. The van der Waals surface area contributed by atoms with Gasteiger partial charge in [0, 0.05) is 24.9 Å². The predicted octanol–water partition coefficient (Wildman–Crippen LogP) is 1.09. The summed E-state index contributed by atoms with van der Waals surface area (Å²) in [5.74, 6) is -0.923. The highest BCUT2D eigenvalue weighted by atomic mass is 16.5. The molecule has 0 aromatic rings. The first-order valence-electron chi connectivity index (χ1n) is 7.75. The first-order valence-corrected chi connectivity index (χ1v) is 7.75. The molecule has 6 nitrogen and oxygen atoms in total. The molecule has 120 valence electrons. The van der Waals surface area contributed by atoms with Crippen LogP contribution in [0.4, 0.5) is 0 Å². The van der Waals surface area contributed by atoms with Crippen molar-refractivity contribution in [2.24, 2.45) is 5.92 Å². The van der Waals surface area contributed by atoms with E-state index >= 15 is 0 Å². The van der Waals surface area contributed by atoms with Crippen LogP contribution >= 0.6 is 0 Å². The molecule has 0 spiro atoms. The van der Waals surface area contributed by atoms with E-state index < -0.39 is 5.97 Å². The van der Waals surface area contributed by atoms with Crippen LogP contribution in [0.1, 0.15) is 46.5 Å². The van der Waals surface area contributed by atoms with Crippen LogP contribution in [-0.2, 0) is 19.1 Å². The lowest BCUT2D eigenvalue weighted by Crippen LogP contribution is -2.48. The quantitative estimate of drug-likeness (QED) is 0.714. The monoisotopic (exact) mass is 298 g/mol. The Morgan fingerprint density at radius 1 is 1.33 bits per heavy atom. The zero-order valence-corrected chi connectivity index (χ0v) is 13.2. The second-order valence-electron chi connectivity index (χ2n) is 5.37. The van der Waals surface area contributed by atoms with E-state index in [0.29, 0.717) is 19.6 Å². The molecule has 0 aromatic heterocycles. The molecule has 0 saturated carbocycles. The van der Waals surface area contributed by atoms with Gasteiger partial charge in [-0.2, -0.15) is 0 Å². The molecule has 21 heavy (non-hydrogen) atoms. The highest BCUT2D eigenvalue weighted by Crippen LogP contribution is 2.21. The van der Waals surface area contributed by atoms with Crippen LogP contribution in [0.15, 0.2) is 0 Å². The number of piperidine rings is 1. The lowest BCUT2D eigenvalue weighted by Gasteiger charge is -2.32. The van der Waals surface area contributed by atoms with Gasteiger partial charge in [-0.05, 0) is 26.2 Å². The molecule has 1 N–H and O–H groups in total. The number of nitrogens with zero attached hydrogens (tertiary/aromatic N) is 1. The SMILES string of the molecule is CCCN(CC(=O)OCC)C(=O)[C@H]1CC(=O)N[C@H](CC)C1. The van der Waals surface area contributed by atoms with Crippen molar-refractivity contribution in [3.8, 4) is 0 Å². The van der Waals surface area contributed by atoms with Gasteiger partial charge in [-0.3, -0.25) is 14.4 Å². The van der Waals surface area contributed by atoms with Crippen molar-refractivity contribution in [1.29, 1.82) is 0 Å². The summed E-state index contributed by atoms with van der Waals surface area (Å²) in [5.41, 5.74) is 0. The Labute approximate surface area is 126 Å². The van der Waals surface area contributed by atoms with E-state index in [1.165, 1.54) is 4.90 Å². The van der Waals surface area contributed by atoms with E-state index in [-0.39, 0.29) is 36.7 Å². The summed E-state index contributed by atoms with van der Waals surface area (Å²) in [6.07, 6.45) is 2.42. The Kier molecular flexibility index (Phi) is 7.19. The summed E-state index contributed by atoms with van der Waals surface area (Å²) >= 11 is 0. The highest BCUT2D eigenvalue weighted by molar-refractivity contribution is 5.89. The third-order valence-corrected chi connectivity index (χ3v) is 3.64. The van der Waals surface area contributed by atoms with Crippen LogP contribution in [0.3, 0.4) is 0 Å². The molecule has 2 amide bonds. The second-order valence-corrected chi connectivity index (χ2v) is 5.37. The molecule has 0 bridgehead atoms. The van der Waals surface area contributed by atoms with Gasteiger partial charge in [0.05, 0.1) is 6.61 Å². The Morgan fingerprint density at radius 3 is 2.62 bits per heavy atom. The third kappa shape index (κ3) is 5.36. The van der Waals surface area contributed by atoms with E-state index in [9.17, 15) is 14.4 Å². The van der Waals surface area contributed by atoms with Crippen LogP contribution < -0.4 is 5.32 Å². The Morgan fingerprint density at radius 2 is 2.05 bits per heavy atom. The molecule has 2 atom stereocenters. The average molecular weight is 298 g/mol. The Bertz CT molecular complexity index is 384. The van der Waals surface area contributed by atoms with Crippen molar-refractivity contribution in [1.82, 2.24) is 10.2 Å². The maximum atomic E-state index is 12.6. The van der Waals surface area contributed by atoms with Crippen LogP contribution in [0.2, 0.25) is 0 Å². The first kappa shape index (κ1) is 17.5. The summed E-state index contributed by atoms with van der Waals surface area (Å²) in [6.45, 7) is 6.45. The molecular weight excluding hydrogens is 272 g/mol. The van der Waals surface area contributed by atoms with Crippen molar-refractivity contribution in [2.45, 2.75) is 52.5 Å². The number of hydrogen-bond acceptors (Lipinski definition) is 4. The average Bonchev–Trinajstić information content (AvgIpc) is 2.45. The zero-order valence-electron chi connectivity index (χ0n) is 13.2. The molecule has 1 aliphatic rings. The predicted molar refractivity (Wildman–Crippen MR) is 78.4 cm³/mol. The molecule has 0 radical (unpaired) electrons. The lowest BCUT2D eigenvalue weighted by molar-refractivity contribution is -0.151. The largest absolute Gasteiger partial charge is 0.465 e. The van der Waals surface area contributed by atoms with Crippen LogP contribution in [-0.4, -0.2) is 48.4 Å². The summed E-state index contributed by atoms with van der Waals surface area (Å²) in [6, 6.07) is 0.0475. The minimum Gasteiger partial charge on any atom is -0.465 e. The smallest absolute Gasteiger partial charge is 0.325 e. The van der Waals surface area contributed by atoms with Gasteiger partial charge >= 0.3 is 5.97 Å². The van der Waals surface area contributed by atoms with Crippen molar-refractivity contribution < 1.29 is 19.1 Å². The van der Waals surface area contributed by atoms with Gasteiger partial charge in [0.25, 0.3) is 0 Å². The fourth-order valence-electron chi connectivity index (χ4n) is 2.61. The highest BCUT2D eigenvalue weighted by Gasteiger charge is 2.33. The van der Waals surface area contributed by atoms with Crippen molar-refractivity contribution >= 4 is 17.8 Å². The molecule has 1 heterocycles. The number of ether oxygens (including phenoxy) is 1. The summed E-state index contributed by atoms with van der Waals surface area (Å²) in [4.78, 5) is 37.4. The van der Waals surface area contributed by atoms with E-state index in [2.05, 4.69) is 5.32 Å². The third-order valence-electron chi connectivity index (χ3n) is 3.64. The Balaban J connectivity index is 2.70.